The molecule has 0 aromatic heterocycles. The highest BCUT2D eigenvalue weighted by Gasteiger charge is 2.18. The molecule has 0 aliphatic rings. The molecule has 0 aliphatic heterocycles. The first kappa shape index (κ1) is 10.9. The van der Waals surface area contributed by atoms with Crippen LogP contribution in [0.4, 0.5) is 0 Å². The summed E-state index contributed by atoms with van der Waals surface area (Å²) in [7, 11) is 0. The predicted octanol–water partition coefficient (Wildman–Crippen LogP) is -2.10. The number of aliphatic hydroxyl groups is 1. The number of amides is 1. The van der Waals surface area contributed by atoms with Crippen LogP contribution in [-0.2, 0) is 9.59 Å². The maximum absolute atomic E-state index is 10.8. The lowest BCUT2D eigenvalue weighted by Gasteiger charge is -2.12. The van der Waals surface area contributed by atoms with Gasteiger partial charge in [0.15, 0.2) is 0 Å². The molecule has 2 atom stereocenters. The Balaban J connectivity index is 3.92. The number of carboxylic acid groups (broad SMARTS) is 1. The molecule has 0 spiro atoms. The van der Waals surface area contributed by atoms with Crippen LogP contribution in [0, 0.1) is 0 Å². The Labute approximate surface area is 69.4 Å². The average molecular weight is 176 g/mol. The van der Waals surface area contributed by atoms with E-state index in [-0.39, 0.29) is 0 Å². The second-order valence-corrected chi connectivity index (χ2v) is 2.36. The van der Waals surface area contributed by atoms with Crippen molar-refractivity contribution in [1.82, 2.24) is 5.32 Å². The third-order valence-corrected chi connectivity index (χ3v) is 1.26. The van der Waals surface area contributed by atoms with Crippen LogP contribution in [0.1, 0.15) is 6.92 Å². The fourth-order valence-electron chi connectivity index (χ4n) is 0.465. The number of nitrogens with two attached hydrogens (primary N) is 1. The van der Waals surface area contributed by atoms with E-state index in [1.165, 1.54) is 6.92 Å². The summed E-state index contributed by atoms with van der Waals surface area (Å²) in [5, 5.41) is 18.9. The largest absolute Gasteiger partial charge is 0.480 e. The molecule has 0 saturated heterocycles. The number of carbonyl (C=O) groups excluding carboxylic acids is 1. The van der Waals surface area contributed by atoms with E-state index in [9.17, 15) is 9.59 Å². The Bertz CT molecular complexity index is 182. The molecule has 0 saturated carbocycles. The second-order valence-electron chi connectivity index (χ2n) is 2.36. The first-order chi connectivity index (χ1) is 5.49. The van der Waals surface area contributed by atoms with E-state index in [2.05, 4.69) is 5.32 Å². The molecule has 5 N–H and O–H groups in total. The highest BCUT2D eigenvalue weighted by Crippen LogP contribution is 1.83. The summed E-state index contributed by atoms with van der Waals surface area (Å²) in [5.74, 6) is -1.82. The zero-order chi connectivity index (χ0) is 9.72. The number of carbonyl (C=O) groups is 2. The fraction of sp³-hybridized carbons (Fsp3) is 0.667. The maximum Gasteiger partial charge on any atom is 0.325 e. The van der Waals surface area contributed by atoms with Gasteiger partial charge in [-0.2, -0.15) is 0 Å². The van der Waals surface area contributed by atoms with E-state index < -0.39 is 30.6 Å². The van der Waals surface area contributed by atoms with Crippen LogP contribution in [0.15, 0.2) is 0 Å². The molecule has 0 bridgehead atoms. The zero-order valence-corrected chi connectivity index (χ0v) is 6.65. The van der Waals surface area contributed by atoms with Gasteiger partial charge < -0.3 is 21.3 Å². The Morgan fingerprint density at radius 2 is 2.08 bits per heavy atom. The van der Waals surface area contributed by atoms with E-state index in [0.29, 0.717) is 0 Å². The number of nitrogens with one attached hydrogen (secondary N) is 1. The first-order valence-electron chi connectivity index (χ1n) is 3.38. The first-order valence-corrected chi connectivity index (χ1v) is 3.38. The van der Waals surface area contributed by atoms with Gasteiger partial charge in [-0.15, -0.1) is 0 Å². The van der Waals surface area contributed by atoms with Crippen molar-refractivity contribution in [3.05, 3.63) is 0 Å². The van der Waals surface area contributed by atoms with Crippen molar-refractivity contribution in [2.45, 2.75) is 19.0 Å². The molecule has 0 aliphatic carbocycles. The molecular formula is C6H12N2O4. The third-order valence-electron chi connectivity index (χ3n) is 1.26. The highest BCUT2D eigenvalue weighted by molar-refractivity contribution is 5.86. The molecule has 0 rings (SSSR count). The van der Waals surface area contributed by atoms with Crippen molar-refractivity contribution < 1.29 is 19.8 Å². The number of rotatable bonds is 4. The number of aliphatic hydroxyl groups excluding tert-OH is 1. The van der Waals surface area contributed by atoms with Crippen LogP contribution in [-0.4, -0.2) is 40.8 Å². The summed E-state index contributed by atoms with van der Waals surface area (Å²) in [4.78, 5) is 21.1. The summed E-state index contributed by atoms with van der Waals surface area (Å²) in [6.45, 7) is 0.808. The van der Waals surface area contributed by atoms with Crippen molar-refractivity contribution in [1.29, 1.82) is 0 Å². The monoisotopic (exact) mass is 176 g/mol. The van der Waals surface area contributed by atoms with E-state index in [1.54, 1.807) is 0 Å². The predicted molar refractivity (Wildman–Crippen MR) is 40.3 cm³/mol. The minimum absolute atomic E-state index is 0.502. The van der Waals surface area contributed by atoms with Gasteiger partial charge in [0.1, 0.15) is 12.1 Å². The van der Waals surface area contributed by atoms with Crippen LogP contribution in [0.2, 0.25) is 0 Å². The van der Waals surface area contributed by atoms with Crippen LogP contribution in [0.25, 0.3) is 0 Å². The molecule has 0 fully saturated rings. The Morgan fingerprint density at radius 1 is 1.58 bits per heavy atom. The minimum atomic E-state index is -1.14. The van der Waals surface area contributed by atoms with Crippen LogP contribution in [0.5, 0.6) is 0 Å². The van der Waals surface area contributed by atoms with Crippen LogP contribution < -0.4 is 11.1 Å². The molecule has 6 heteroatoms. The lowest BCUT2D eigenvalue weighted by molar-refractivity contribution is -0.141. The smallest absolute Gasteiger partial charge is 0.325 e. The standard InChI is InChI=1S/C6H12N2O4/c1-3(6(11)12)8-5(10)4(7)2-9/h3-4,9H,2,7H2,1H3,(H,8,10)(H,11,12)/t3-,4+/m1/s1. The molecule has 0 aromatic rings. The van der Waals surface area contributed by atoms with E-state index >= 15 is 0 Å². The second kappa shape index (κ2) is 4.68. The van der Waals surface area contributed by atoms with E-state index in [4.69, 9.17) is 15.9 Å². The Hall–Kier alpha value is -1.14. The molecule has 70 valence electrons. The molecule has 12 heavy (non-hydrogen) atoms. The van der Waals surface area contributed by atoms with Gasteiger partial charge >= 0.3 is 5.97 Å². The topological polar surface area (TPSA) is 113 Å². The highest BCUT2D eigenvalue weighted by atomic mass is 16.4. The molecular weight excluding hydrogens is 164 g/mol. The summed E-state index contributed by atoms with van der Waals surface area (Å²) in [6, 6.07) is -2.05. The van der Waals surface area contributed by atoms with Gasteiger partial charge in [0.2, 0.25) is 5.91 Å². The van der Waals surface area contributed by atoms with Gasteiger partial charge in [-0.25, -0.2) is 0 Å². The van der Waals surface area contributed by atoms with Crippen molar-refractivity contribution in [3.63, 3.8) is 0 Å². The van der Waals surface area contributed by atoms with E-state index in [0.717, 1.165) is 0 Å². The summed E-state index contributed by atoms with van der Waals surface area (Å²) >= 11 is 0. The fourth-order valence-corrected chi connectivity index (χ4v) is 0.465. The van der Waals surface area contributed by atoms with Gasteiger partial charge in [-0.1, -0.05) is 0 Å². The van der Waals surface area contributed by atoms with Gasteiger partial charge in [-0.3, -0.25) is 9.59 Å². The third kappa shape index (κ3) is 3.31. The Morgan fingerprint density at radius 3 is 2.42 bits per heavy atom. The Kier molecular flexibility index (Phi) is 4.24. The number of hydrogen-bond donors (Lipinski definition) is 4. The molecule has 6 nitrogen and oxygen atoms in total. The number of hydrogen-bond acceptors (Lipinski definition) is 4. The van der Waals surface area contributed by atoms with Gasteiger partial charge in [0.25, 0.3) is 0 Å². The van der Waals surface area contributed by atoms with Gasteiger partial charge in [0.05, 0.1) is 6.61 Å². The summed E-state index contributed by atoms with van der Waals surface area (Å²) in [6.07, 6.45) is 0. The van der Waals surface area contributed by atoms with Crippen molar-refractivity contribution >= 4 is 11.9 Å². The zero-order valence-electron chi connectivity index (χ0n) is 6.65. The van der Waals surface area contributed by atoms with Crippen molar-refractivity contribution in [3.8, 4) is 0 Å². The normalized spacial score (nSPS) is 14.9. The molecule has 0 radical (unpaired) electrons. The minimum Gasteiger partial charge on any atom is -0.480 e. The maximum atomic E-state index is 10.8. The summed E-state index contributed by atoms with van der Waals surface area (Å²) in [5.41, 5.74) is 5.11. The van der Waals surface area contributed by atoms with Crippen LogP contribution >= 0.6 is 0 Å². The van der Waals surface area contributed by atoms with Crippen molar-refractivity contribution in [2.75, 3.05) is 6.61 Å². The molecule has 1 amide bonds. The average Bonchev–Trinajstić information content (AvgIpc) is 2.02. The SMILES string of the molecule is C[C@@H](NC(=O)[C@@H](N)CO)C(=O)O. The molecule has 0 unspecified atom stereocenters. The van der Waals surface area contributed by atoms with E-state index in [1.807, 2.05) is 0 Å². The van der Waals surface area contributed by atoms with Crippen LogP contribution in [0.3, 0.4) is 0 Å². The van der Waals surface area contributed by atoms with Gasteiger partial charge in [-0.05, 0) is 6.92 Å². The number of carboxylic acids is 1. The number of aliphatic carboxylic acids is 1. The van der Waals surface area contributed by atoms with Crippen molar-refractivity contribution in [2.24, 2.45) is 5.73 Å². The molecule has 0 aromatic carbocycles. The lowest BCUT2D eigenvalue weighted by atomic mass is 10.2. The summed E-state index contributed by atoms with van der Waals surface area (Å²) < 4.78 is 0. The van der Waals surface area contributed by atoms with Gasteiger partial charge in [0, 0.05) is 0 Å². The molecule has 0 heterocycles. The quantitative estimate of drug-likeness (QED) is 0.392. The lowest BCUT2D eigenvalue weighted by Crippen LogP contribution is -2.48.